The van der Waals surface area contributed by atoms with Gasteiger partial charge in [0.15, 0.2) is 0 Å². The third kappa shape index (κ3) is 2.82. The van der Waals surface area contributed by atoms with Gasteiger partial charge in [0.2, 0.25) is 0 Å². The summed E-state index contributed by atoms with van der Waals surface area (Å²) in [6, 6.07) is 7.70. The fraction of sp³-hybridized carbons (Fsp3) is 0.500. The number of carbonyl (C=O) groups excluding carboxylic acids is 1. The average Bonchev–Trinajstić information content (AvgIpc) is 2.78. The highest BCUT2D eigenvalue weighted by atomic mass is 16.5. The number of esters is 1. The molecule has 0 aromatic heterocycles. The lowest BCUT2D eigenvalue weighted by molar-refractivity contribution is -0.142. The minimum atomic E-state index is -0.107. The second-order valence-electron chi connectivity index (χ2n) is 4.64. The number of anilines is 1. The van der Waals surface area contributed by atoms with Crippen LogP contribution in [-0.4, -0.2) is 30.1 Å². The number of para-hydroxylation sites is 1. The minimum Gasteiger partial charge on any atom is -0.464 e. The van der Waals surface area contributed by atoms with Crippen molar-refractivity contribution in [2.24, 2.45) is 0 Å². The van der Waals surface area contributed by atoms with Crippen LogP contribution in [0.1, 0.15) is 25.3 Å². The van der Waals surface area contributed by atoms with E-state index in [1.54, 1.807) is 0 Å². The van der Waals surface area contributed by atoms with Gasteiger partial charge in [-0.2, -0.15) is 0 Å². The zero-order chi connectivity index (χ0) is 13.0. The molecule has 1 saturated heterocycles. The second-order valence-corrected chi connectivity index (χ2v) is 4.64. The molecule has 18 heavy (non-hydrogen) atoms. The molecule has 4 nitrogen and oxygen atoms in total. The highest BCUT2D eigenvalue weighted by Crippen LogP contribution is 2.20. The lowest BCUT2D eigenvalue weighted by Gasteiger charge is -2.26. The van der Waals surface area contributed by atoms with Crippen LogP contribution in [0.4, 0.5) is 5.69 Å². The average molecular weight is 248 g/mol. The Kier molecular flexibility index (Phi) is 4.20. The Morgan fingerprint density at radius 3 is 2.83 bits per heavy atom. The number of hydrogen-bond donors (Lipinski definition) is 1. The molecule has 1 fully saturated rings. The summed E-state index contributed by atoms with van der Waals surface area (Å²) >= 11 is 0. The lowest BCUT2D eigenvalue weighted by Crippen LogP contribution is -2.38. The molecular formula is C14H20N2O2. The molecule has 1 aromatic carbocycles. The highest BCUT2D eigenvalue weighted by Gasteiger charge is 2.31. The van der Waals surface area contributed by atoms with Gasteiger partial charge >= 0.3 is 5.97 Å². The number of hydrogen-bond acceptors (Lipinski definition) is 4. The number of benzene rings is 1. The molecular weight excluding hydrogens is 228 g/mol. The molecule has 2 N–H and O–H groups in total. The maximum Gasteiger partial charge on any atom is 0.323 e. The van der Waals surface area contributed by atoms with Crippen LogP contribution in [0.2, 0.25) is 0 Å². The van der Waals surface area contributed by atoms with Crippen molar-refractivity contribution >= 4 is 11.7 Å². The first-order valence-electron chi connectivity index (χ1n) is 6.46. The van der Waals surface area contributed by atoms with Gasteiger partial charge in [0.25, 0.3) is 0 Å². The van der Waals surface area contributed by atoms with Crippen molar-refractivity contribution < 1.29 is 9.53 Å². The summed E-state index contributed by atoms with van der Waals surface area (Å²) in [5, 5.41) is 0. The zero-order valence-corrected chi connectivity index (χ0v) is 10.8. The van der Waals surface area contributed by atoms with E-state index in [1.807, 2.05) is 24.3 Å². The van der Waals surface area contributed by atoms with Crippen LogP contribution < -0.4 is 5.73 Å². The molecule has 0 amide bonds. The number of nitrogens with two attached hydrogens (primary N) is 1. The maximum absolute atomic E-state index is 11.7. The molecule has 0 bridgehead atoms. The Bertz CT molecular complexity index is 420. The van der Waals surface area contributed by atoms with Crippen molar-refractivity contribution in [1.29, 1.82) is 0 Å². The molecule has 1 unspecified atom stereocenters. The normalized spacial score (nSPS) is 19.2. The fourth-order valence-electron chi connectivity index (χ4n) is 2.35. The molecule has 1 heterocycles. The smallest absolute Gasteiger partial charge is 0.323 e. The number of cyclic esters (lactones) is 1. The van der Waals surface area contributed by atoms with Crippen molar-refractivity contribution in [3.05, 3.63) is 29.8 Å². The maximum atomic E-state index is 11.7. The number of nitrogen functional groups attached to an aromatic ring is 1. The Balaban J connectivity index is 2.11. The van der Waals surface area contributed by atoms with E-state index in [4.69, 9.17) is 10.5 Å². The van der Waals surface area contributed by atoms with Gasteiger partial charge in [0, 0.05) is 18.7 Å². The van der Waals surface area contributed by atoms with E-state index in [0.29, 0.717) is 13.2 Å². The summed E-state index contributed by atoms with van der Waals surface area (Å²) in [5.41, 5.74) is 7.81. The number of carbonyl (C=O) groups is 1. The van der Waals surface area contributed by atoms with Crippen LogP contribution in [-0.2, 0) is 16.1 Å². The monoisotopic (exact) mass is 248 g/mol. The standard InChI is InChI=1S/C14H20N2O2/c1-2-8-16(13-7-9-18-14(13)17)10-11-5-3-4-6-12(11)15/h3-6,13H,2,7-10,15H2,1H3. The van der Waals surface area contributed by atoms with E-state index in [9.17, 15) is 4.79 Å². The summed E-state index contributed by atoms with van der Waals surface area (Å²) in [4.78, 5) is 13.8. The first kappa shape index (κ1) is 12.9. The predicted molar refractivity (Wildman–Crippen MR) is 70.9 cm³/mol. The molecule has 1 atom stereocenters. The van der Waals surface area contributed by atoms with Gasteiger partial charge in [-0.25, -0.2) is 0 Å². The van der Waals surface area contributed by atoms with Gasteiger partial charge in [-0.1, -0.05) is 25.1 Å². The van der Waals surface area contributed by atoms with Crippen molar-refractivity contribution in [2.75, 3.05) is 18.9 Å². The van der Waals surface area contributed by atoms with Crippen molar-refractivity contribution in [3.8, 4) is 0 Å². The molecule has 0 aliphatic carbocycles. The predicted octanol–water partition coefficient (Wildman–Crippen LogP) is 1.80. The van der Waals surface area contributed by atoms with Gasteiger partial charge in [-0.15, -0.1) is 0 Å². The molecule has 98 valence electrons. The minimum absolute atomic E-state index is 0.0991. The largest absolute Gasteiger partial charge is 0.464 e. The van der Waals surface area contributed by atoms with Crippen LogP contribution >= 0.6 is 0 Å². The molecule has 4 heteroatoms. The SMILES string of the molecule is CCCN(Cc1ccccc1N)C1CCOC1=O. The van der Waals surface area contributed by atoms with Crippen LogP contribution in [0.5, 0.6) is 0 Å². The first-order chi connectivity index (χ1) is 8.72. The third-order valence-corrected chi connectivity index (χ3v) is 3.29. The Hall–Kier alpha value is -1.55. The summed E-state index contributed by atoms with van der Waals surface area (Å²) in [6.45, 7) is 4.24. The van der Waals surface area contributed by atoms with Gasteiger partial charge < -0.3 is 10.5 Å². The summed E-state index contributed by atoms with van der Waals surface area (Å²) in [7, 11) is 0. The van der Waals surface area contributed by atoms with E-state index >= 15 is 0 Å². The molecule has 1 aromatic rings. The molecule has 1 aliphatic rings. The van der Waals surface area contributed by atoms with Crippen LogP contribution in [0, 0.1) is 0 Å². The molecule has 0 radical (unpaired) electrons. The van der Waals surface area contributed by atoms with Gasteiger partial charge in [-0.05, 0) is 24.6 Å². The second kappa shape index (κ2) is 5.87. The van der Waals surface area contributed by atoms with Crippen molar-refractivity contribution in [2.45, 2.75) is 32.4 Å². The first-order valence-corrected chi connectivity index (χ1v) is 6.46. The van der Waals surface area contributed by atoms with Crippen LogP contribution in [0.25, 0.3) is 0 Å². The number of ether oxygens (including phenoxy) is 1. The fourth-order valence-corrected chi connectivity index (χ4v) is 2.35. The quantitative estimate of drug-likeness (QED) is 0.637. The van der Waals surface area contributed by atoms with Crippen molar-refractivity contribution in [1.82, 2.24) is 4.90 Å². The lowest BCUT2D eigenvalue weighted by atomic mass is 10.1. The summed E-state index contributed by atoms with van der Waals surface area (Å²) in [5.74, 6) is -0.0991. The number of rotatable bonds is 5. The molecule has 1 aliphatic heterocycles. The summed E-state index contributed by atoms with van der Waals surface area (Å²) in [6.07, 6.45) is 1.79. The van der Waals surface area contributed by atoms with E-state index in [1.165, 1.54) is 0 Å². The third-order valence-electron chi connectivity index (χ3n) is 3.29. The van der Waals surface area contributed by atoms with Gasteiger partial charge in [0.1, 0.15) is 6.04 Å². The topological polar surface area (TPSA) is 55.6 Å². The number of nitrogens with zero attached hydrogens (tertiary/aromatic N) is 1. The Morgan fingerprint density at radius 2 is 2.22 bits per heavy atom. The van der Waals surface area contributed by atoms with Gasteiger partial charge in [-0.3, -0.25) is 9.69 Å². The van der Waals surface area contributed by atoms with E-state index in [-0.39, 0.29) is 12.0 Å². The van der Waals surface area contributed by atoms with Crippen LogP contribution in [0.3, 0.4) is 0 Å². The van der Waals surface area contributed by atoms with E-state index in [2.05, 4.69) is 11.8 Å². The molecule has 0 saturated carbocycles. The molecule has 2 rings (SSSR count). The zero-order valence-electron chi connectivity index (χ0n) is 10.8. The van der Waals surface area contributed by atoms with Gasteiger partial charge in [0.05, 0.1) is 6.61 Å². The van der Waals surface area contributed by atoms with Crippen molar-refractivity contribution in [3.63, 3.8) is 0 Å². The van der Waals surface area contributed by atoms with Crippen LogP contribution in [0.15, 0.2) is 24.3 Å². The van der Waals surface area contributed by atoms with E-state index in [0.717, 1.165) is 30.6 Å². The Labute approximate surface area is 108 Å². The van der Waals surface area contributed by atoms with E-state index < -0.39 is 0 Å². The summed E-state index contributed by atoms with van der Waals surface area (Å²) < 4.78 is 5.05. The highest BCUT2D eigenvalue weighted by molar-refractivity contribution is 5.77. The molecule has 0 spiro atoms. The Morgan fingerprint density at radius 1 is 1.44 bits per heavy atom.